The Morgan fingerprint density at radius 2 is 2.13 bits per heavy atom. The lowest BCUT2D eigenvalue weighted by Gasteiger charge is -2.36. The number of nitrogens with zero attached hydrogens (tertiary/aromatic N) is 1. The van der Waals surface area contributed by atoms with Gasteiger partial charge >= 0.3 is 6.03 Å². The van der Waals surface area contributed by atoms with Gasteiger partial charge in [0.05, 0.1) is 0 Å². The Morgan fingerprint density at radius 1 is 1.47 bits per heavy atom. The van der Waals surface area contributed by atoms with E-state index < -0.39 is 0 Å². The summed E-state index contributed by atoms with van der Waals surface area (Å²) < 4.78 is 0. The fourth-order valence-corrected chi connectivity index (χ4v) is 2.24. The monoisotopic (exact) mass is 211 g/mol. The van der Waals surface area contributed by atoms with Crippen LogP contribution in [0.25, 0.3) is 0 Å². The first-order valence-electron chi connectivity index (χ1n) is 5.92. The summed E-state index contributed by atoms with van der Waals surface area (Å²) in [5.41, 5.74) is 5.71. The van der Waals surface area contributed by atoms with Crippen molar-refractivity contribution in [1.82, 2.24) is 10.2 Å². The molecule has 86 valence electrons. The lowest BCUT2D eigenvalue weighted by molar-refractivity contribution is 0.165. The maximum absolute atomic E-state index is 11.7. The Hall–Kier alpha value is -0.770. The van der Waals surface area contributed by atoms with E-state index in [2.05, 4.69) is 5.32 Å². The first-order valence-corrected chi connectivity index (χ1v) is 5.92. The lowest BCUT2D eigenvalue weighted by Crippen LogP contribution is -2.49. The van der Waals surface area contributed by atoms with E-state index in [4.69, 9.17) is 5.73 Å². The molecule has 0 aromatic carbocycles. The fraction of sp³-hybridized carbons (Fsp3) is 0.909. The molecule has 0 unspecified atom stereocenters. The SMILES string of the molecule is CN(CC1CC(N)C1)C(=O)NC1CCC1. The van der Waals surface area contributed by atoms with E-state index in [1.54, 1.807) is 4.90 Å². The number of carbonyl (C=O) groups is 1. The Bertz CT molecular complexity index is 234. The summed E-state index contributed by atoms with van der Waals surface area (Å²) in [6.45, 7) is 0.853. The smallest absolute Gasteiger partial charge is 0.317 e. The number of rotatable bonds is 3. The molecule has 2 rings (SSSR count). The molecule has 0 bridgehead atoms. The van der Waals surface area contributed by atoms with Crippen LogP contribution in [0.5, 0.6) is 0 Å². The third-order valence-corrected chi connectivity index (χ3v) is 3.58. The minimum absolute atomic E-state index is 0.0835. The van der Waals surface area contributed by atoms with Crippen molar-refractivity contribution in [3.63, 3.8) is 0 Å². The molecule has 0 aromatic rings. The van der Waals surface area contributed by atoms with Crippen LogP contribution in [-0.4, -0.2) is 36.6 Å². The van der Waals surface area contributed by atoms with E-state index in [1.165, 1.54) is 6.42 Å². The maximum atomic E-state index is 11.7. The van der Waals surface area contributed by atoms with E-state index in [-0.39, 0.29) is 6.03 Å². The number of hydrogen-bond acceptors (Lipinski definition) is 2. The zero-order valence-electron chi connectivity index (χ0n) is 9.41. The topological polar surface area (TPSA) is 58.4 Å². The molecule has 4 nitrogen and oxygen atoms in total. The Morgan fingerprint density at radius 3 is 2.60 bits per heavy atom. The number of nitrogens with two attached hydrogens (primary N) is 1. The largest absolute Gasteiger partial charge is 0.335 e. The summed E-state index contributed by atoms with van der Waals surface area (Å²) in [7, 11) is 1.87. The molecule has 0 aliphatic heterocycles. The number of urea groups is 1. The number of carbonyl (C=O) groups excluding carboxylic acids is 1. The summed E-state index contributed by atoms with van der Waals surface area (Å²) in [6, 6.07) is 0.891. The van der Waals surface area contributed by atoms with E-state index in [9.17, 15) is 4.79 Å². The van der Waals surface area contributed by atoms with Crippen LogP contribution in [0.4, 0.5) is 4.79 Å². The Kier molecular flexibility index (Phi) is 3.14. The van der Waals surface area contributed by atoms with Crippen molar-refractivity contribution in [3.8, 4) is 0 Å². The van der Waals surface area contributed by atoms with Gasteiger partial charge in [0, 0.05) is 25.7 Å². The van der Waals surface area contributed by atoms with Crippen molar-refractivity contribution >= 4 is 6.03 Å². The van der Waals surface area contributed by atoms with Gasteiger partial charge in [-0.15, -0.1) is 0 Å². The van der Waals surface area contributed by atoms with Crippen LogP contribution in [0.1, 0.15) is 32.1 Å². The number of amides is 2. The number of hydrogen-bond donors (Lipinski definition) is 2. The van der Waals surface area contributed by atoms with Crippen molar-refractivity contribution in [3.05, 3.63) is 0 Å². The first kappa shape index (κ1) is 10.7. The van der Waals surface area contributed by atoms with Crippen molar-refractivity contribution in [2.24, 2.45) is 11.7 Å². The van der Waals surface area contributed by atoms with Crippen molar-refractivity contribution in [2.45, 2.75) is 44.2 Å². The van der Waals surface area contributed by atoms with Crippen molar-refractivity contribution in [2.75, 3.05) is 13.6 Å². The quantitative estimate of drug-likeness (QED) is 0.729. The molecule has 2 aliphatic rings. The highest BCUT2D eigenvalue weighted by molar-refractivity contribution is 5.74. The van der Waals surface area contributed by atoms with Gasteiger partial charge in [-0.1, -0.05) is 0 Å². The average Bonchev–Trinajstić information content (AvgIpc) is 2.08. The molecule has 4 heteroatoms. The number of nitrogens with one attached hydrogen (secondary N) is 1. The van der Waals surface area contributed by atoms with Gasteiger partial charge in [-0.05, 0) is 38.0 Å². The third kappa shape index (κ3) is 2.62. The van der Waals surface area contributed by atoms with Crippen LogP contribution in [0, 0.1) is 5.92 Å². The molecule has 0 heterocycles. The Balaban J connectivity index is 1.65. The van der Waals surface area contributed by atoms with Gasteiger partial charge in [-0.2, -0.15) is 0 Å². The van der Waals surface area contributed by atoms with E-state index >= 15 is 0 Å². The maximum Gasteiger partial charge on any atom is 0.317 e. The van der Waals surface area contributed by atoms with Crippen LogP contribution in [0.3, 0.4) is 0 Å². The Labute approximate surface area is 91.2 Å². The minimum Gasteiger partial charge on any atom is -0.335 e. The third-order valence-electron chi connectivity index (χ3n) is 3.58. The second-order valence-corrected chi connectivity index (χ2v) is 5.06. The molecule has 0 aromatic heterocycles. The summed E-state index contributed by atoms with van der Waals surface area (Å²) in [6.07, 6.45) is 5.69. The zero-order chi connectivity index (χ0) is 10.8. The normalized spacial score (nSPS) is 30.3. The molecule has 0 spiro atoms. The van der Waals surface area contributed by atoms with Crippen molar-refractivity contribution < 1.29 is 4.79 Å². The van der Waals surface area contributed by atoms with Gasteiger partial charge in [0.15, 0.2) is 0 Å². The summed E-state index contributed by atoms with van der Waals surface area (Å²) >= 11 is 0. The van der Waals surface area contributed by atoms with Gasteiger partial charge < -0.3 is 16.0 Å². The van der Waals surface area contributed by atoms with Gasteiger partial charge in [0.2, 0.25) is 0 Å². The van der Waals surface area contributed by atoms with Crippen LogP contribution >= 0.6 is 0 Å². The molecule has 2 aliphatic carbocycles. The molecule has 0 atom stereocenters. The second kappa shape index (κ2) is 4.39. The van der Waals surface area contributed by atoms with Crippen LogP contribution in [-0.2, 0) is 0 Å². The average molecular weight is 211 g/mol. The highest BCUT2D eigenvalue weighted by Gasteiger charge is 2.28. The highest BCUT2D eigenvalue weighted by Crippen LogP contribution is 2.26. The molecule has 2 amide bonds. The minimum atomic E-state index is 0.0835. The predicted octanol–water partition coefficient (Wildman–Crippen LogP) is 0.918. The standard InChI is InChI=1S/C11H21N3O/c1-14(7-8-5-9(12)6-8)11(15)13-10-3-2-4-10/h8-10H,2-7,12H2,1H3,(H,13,15). The van der Waals surface area contributed by atoms with Gasteiger partial charge in [-0.25, -0.2) is 4.79 Å². The van der Waals surface area contributed by atoms with Gasteiger partial charge in [-0.3, -0.25) is 0 Å². The van der Waals surface area contributed by atoms with Crippen LogP contribution in [0.15, 0.2) is 0 Å². The second-order valence-electron chi connectivity index (χ2n) is 5.06. The zero-order valence-corrected chi connectivity index (χ0v) is 9.41. The summed E-state index contributed by atoms with van der Waals surface area (Å²) in [5, 5.41) is 3.04. The molecule has 0 radical (unpaired) electrons. The van der Waals surface area contributed by atoms with Crippen LogP contribution < -0.4 is 11.1 Å². The van der Waals surface area contributed by atoms with E-state index in [0.29, 0.717) is 18.0 Å². The van der Waals surface area contributed by atoms with Crippen LogP contribution in [0.2, 0.25) is 0 Å². The molecule has 2 saturated carbocycles. The predicted molar refractivity (Wildman–Crippen MR) is 59.5 cm³/mol. The first-order chi connectivity index (χ1) is 7.15. The van der Waals surface area contributed by atoms with Gasteiger partial charge in [0.25, 0.3) is 0 Å². The molecule has 15 heavy (non-hydrogen) atoms. The van der Waals surface area contributed by atoms with Crippen molar-refractivity contribution in [1.29, 1.82) is 0 Å². The molecule has 0 saturated heterocycles. The molecule has 2 fully saturated rings. The summed E-state index contributed by atoms with van der Waals surface area (Å²) in [4.78, 5) is 13.5. The molecule has 3 N–H and O–H groups in total. The van der Waals surface area contributed by atoms with E-state index in [0.717, 1.165) is 32.2 Å². The summed E-state index contributed by atoms with van der Waals surface area (Å²) in [5.74, 6) is 0.622. The lowest BCUT2D eigenvalue weighted by atomic mass is 9.81. The van der Waals surface area contributed by atoms with Gasteiger partial charge in [0.1, 0.15) is 0 Å². The molecular weight excluding hydrogens is 190 g/mol. The van der Waals surface area contributed by atoms with E-state index in [1.807, 2.05) is 7.05 Å². The highest BCUT2D eigenvalue weighted by atomic mass is 16.2. The fourth-order valence-electron chi connectivity index (χ4n) is 2.24. The molecular formula is C11H21N3O.